The Morgan fingerprint density at radius 1 is 1.32 bits per heavy atom. The standard InChI is InChI=1S/C11H8FNO5S/c12-7-1-3-8(4-2-7)18-6-10-13-5-9(11(14)15)19(10,16)17/h1-5H,6H2,(H,14,15). The Labute approximate surface area is 107 Å². The van der Waals surface area contributed by atoms with Gasteiger partial charge in [-0.15, -0.1) is 0 Å². The first-order valence-electron chi connectivity index (χ1n) is 5.05. The van der Waals surface area contributed by atoms with E-state index in [9.17, 15) is 17.6 Å². The van der Waals surface area contributed by atoms with Gasteiger partial charge >= 0.3 is 5.97 Å². The summed E-state index contributed by atoms with van der Waals surface area (Å²) in [6.45, 7) is -0.415. The molecular formula is C11H8FNO5S. The second kappa shape index (κ2) is 4.81. The molecule has 1 aromatic rings. The topological polar surface area (TPSA) is 93.0 Å². The van der Waals surface area contributed by atoms with Crippen molar-refractivity contribution in [2.45, 2.75) is 0 Å². The van der Waals surface area contributed by atoms with Gasteiger partial charge in [0.05, 0.1) is 6.20 Å². The molecule has 6 nitrogen and oxygen atoms in total. The molecule has 1 N–H and O–H groups in total. The fourth-order valence-corrected chi connectivity index (χ4v) is 2.44. The third kappa shape index (κ3) is 2.63. The number of carboxylic acid groups (broad SMARTS) is 1. The minimum absolute atomic E-state index is 0.253. The van der Waals surface area contributed by atoms with Crippen LogP contribution in [0.15, 0.2) is 40.4 Å². The molecule has 100 valence electrons. The molecule has 8 heteroatoms. The van der Waals surface area contributed by atoms with E-state index in [-0.39, 0.29) is 5.75 Å². The van der Waals surface area contributed by atoms with Crippen LogP contribution in [0.5, 0.6) is 5.75 Å². The number of carbonyl (C=O) groups is 1. The molecule has 0 bridgehead atoms. The van der Waals surface area contributed by atoms with Crippen LogP contribution < -0.4 is 4.74 Å². The van der Waals surface area contributed by atoms with Gasteiger partial charge in [-0.25, -0.2) is 22.6 Å². The van der Waals surface area contributed by atoms with E-state index >= 15 is 0 Å². The lowest BCUT2D eigenvalue weighted by molar-refractivity contribution is -0.131. The summed E-state index contributed by atoms with van der Waals surface area (Å²) in [6.07, 6.45) is 0.765. The zero-order valence-corrected chi connectivity index (χ0v) is 10.2. The van der Waals surface area contributed by atoms with Crippen LogP contribution in [0, 0.1) is 5.82 Å². The Kier molecular flexibility index (Phi) is 3.34. The highest BCUT2D eigenvalue weighted by Crippen LogP contribution is 2.19. The first-order chi connectivity index (χ1) is 8.91. The number of carboxylic acids is 1. The monoisotopic (exact) mass is 285 g/mol. The number of benzene rings is 1. The van der Waals surface area contributed by atoms with Crippen LogP contribution in [0.4, 0.5) is 4.39 Å². The maximum absolute atomic E-state index is 12.6. The van der Waals surface area contributed by atoms with Crippen molar-refractivity contribution in [3.63, 3.8) is 0 Å². The maximum Gasteiger partial charge on any atom is 0.349 e. The van der Waals surface area contributed by atoms with Crippen molar-refractivity contribution in [2.75, 3.05) is 6.61 Å². The van der Waals surface area contributed by atoms with E-state index in [1.54, 1.807) is 0 Å². The van der Waals surface area contributed by atoms with Gasteiger partial charge in [0.15, 0.2) is 9.95 Å². The van der Waals surface area contributed by atoms with Crippen molar-refractivity contribution in [1.29, 1.82) is 0 Å². The molecule has 0 saturated heterocycles. The minimum atomic E-state index is -4.09. The van der Waals surface area contributed by atoms with E-state index in [0.29, 0.717) is 0 Å². The molecule has 0 amide bonds. The number of hydrogen-bond donors (Lipinski definition) is 1. The molecule has 19 heavy (non-hydrogen) atoms. The number of aliphatic carboxylic acids is 1. The summed E-state index contributed by atoms with van der Waals surface area (Å²) in [7, 11) is -4.09. The summed E-state index contributed by atoms with van der Waals surface area (Å²) in [6, 6.07) is 4.95. The number of rotatable bonds is 4. The third-order valence-electron chi connectivity index (χ3n) is 2.31. The lowest BCUT2D eigenvalue weighted by Gasteiger charge is -2.06. The van der Waals surface area contributed by atoms with Gasteiger partial charge in [0.25, 0.3) is 0 Å². The molecule has 0 aliphatic carbocycles. The van der Waals surface area contributed by atoms with Gasteiger partial charge in [-0.2, -0.15) is 0 Å². The van der Waals surface area contributed by atoms with Crippen LogP contribution in [0.1, 0.15) is 0 Å². The van der Waals surface area contributed by atoms with Crippen LogP contribution >= 0.6 is 0 Å². The fraction of sp³-hybridized carbons (Fsp3) is 0.0909. The summed E-state index contributed by atoms with van der Waals surface area (Å²) in [4.78, 5) is 13.4. The SMILES string of the molecule is O=C(O)C1=CN=C(COc2ccc(F)cc2)S1(=O)=O. The Hall–Kier alpha value is -2.22. The van der Waals surface area contributed by atoms with Crippen molar-refractivity contribution in [2.24, 2.45) is 4.99 Å². The molecule has 0 spiro atoms. The molecule has 1 heterocycles. The van der Waals surface area contributed by atoms with Crippen molar-refractivity contribution >= 4 is 20.9 Å². The number of sulfone groups is 1. The van der Waals surface area contributed by atoms with E-state index in [2.05, 4.69) is 4.99 Å². The van der Waals surface area contributed by atoms with E-state index in [0.717, 1.165) is 18.3 Å². The Morgan fingerprint density at radius 3 is 2.47 bits per heavy atom. The number of aliphatic imine (C=N–C) groups is 1. The lowest BCUT2D eigenvalue weighted by Crippen LogP contribution is -2.23. The third-order valence-corrected chi connectivity index (χ3v) is 4.01. The smallest absolute Gasteiger partial charge is 0.349 e. The van der Waals surface area contributed by atoms with Crippen molar-refractivity contribution in [3.05, 3.63) is 41.2 Å². The Morgan fingerprint density at radius 2 is 1.95 bits per heavy atom. The first kappa shape index (κ1) is 13.2. The van der Waals surface area contributed by atoms with Gasteiger partial charge in [-0.1, -0.05) is 0 Å². The predicted molar refractivity (Wildman–Crippen MR) is 64.0 cm³/mol. The maximum atomic E-state index is 12.6. The highest BCUT2D eigenvalue weighted by Gasteiger charge is 2.34. The quantitative estimate of drug-likeness (QED) is 0.889. The van der Waals surface area contributed by atoms with E-state index in [1.165, 1.54) is 12.1 Å². The van der Waals surface area contributed by atoms with Gasteiger partial charge in [-0.3, -0.25) is 0 Å². The molecule has 2 rings (SSSR count). The Bertz CT molecular complexity index is 676. The van der Waals surface area contributed by atoms with Crippen LogP contribution in [0.25, 0.3) is 0 Å². The molecule has 1 aliphatic rings. The molecule has 0 radical (unpaired) electrons. The number of halogens is 1. The highest BCUT2D eigenvalue weighted by molar-refractivity contribution is 8.10. The largest absolute Gasteiger partial charge is 0.487 e. The molecule has 0 fully saturated rings. The second-order valence-corrected chi connectivity index (χ2v) is 5.49. The summed E-state index contributed by atoms with van der Waals surface area (Å²) in [5.74, 6) is -1.77. The van der Waals surface area contributed by atoms with Gasteiger partial charge in [0.1, 0.15) is 18.2 Å². The summed E-state index contributed by atoms with van der Waals surface area (Å²) >= 11 is 0. The Balaban J connectivity index is 2.07. The molecule has 0 saturated carbocycles. The van der Waals surface area contributed by atoms with E-state index in [4.69, 9.17) is 9.84 Å². The van der Waals surface area contributed by atoms with Crippen molar-refractivity contribution in [1.82, 2.24) is 0 Å². The van der Waals surface area contributed by atoms with Crippen LogP contribution in [0.3, 0.4) is 0 Å². The zero-order valence-electron chi connectivity index (χ0n) is 9.41. The zero-order chi connectivity index (χ0) is 14.0. The average Bonchev–Trinajstić information content (AvgIpc) is 2.64. The minimum Gasteiger partial charge on any atom is -0.487 e. The molecule has 0 aromatic heterocycles. The van der Waals surface area contributed by atoms with Crippen LogP contribution in [-0.4, -0.2) is 31.1 Å². The highest BCUT2D eigenvalue weighted by atomic mass is 32.2. The van der Waals surface area contributed by atoms with Gasteiger partial charge in [0, 0.05) is 0 Å². The average molecular weight is 285 g/mol. The molecule has 1 aliphatic heterocycles. The molecule has 1 aromatic carbocycles. The van der Waals surface area contributed by atoms with E-state index in [1.807, 2.05) is 0 Å². The number of hydrogen-bond acceptors (Lipinski definition) is 5. The molecule has 0 unspecified atom stereocenters. The molecule has 0 atom stereocenters. The first-order valence-corrected chi connectivity index (χ1v) is 6.53. The van der Waals surface area contributed by atoms with Gasteiger partial charge < -0.3 is 9.84 Å². The van der Waals surface area contributed by atoms with Crippen LogP contribution in [-0.2, 0) is 14.6 Å². The molecular weight excluding hydrogens is 277 g/mol. The van der Waals surface area contributed by atoms with E-state index < -0.39 is 38.2 Å². The number of nitrogens with zero attached hydrogens (tertiary/aromatic N) is 1. The van der Waals surface area contributed by atoms with Crippen molar-refractivity contribution < 1.29 is 27.4 Å². The lowest BCUT2D eigenvalue weighted by atomic mass is 10.3. The summed E-state index contributed by atoms with van der Waals surface area (Å²) in [5, 5.41) is 8.28. The van der Waals surface area contributed by atoms with Crippen molar-refractivity contribution in [3.8, 4) is 5.75 Å². The number of ether oxygens (including phenoxy) is 1. The second-order valence-electron chi connectivity index (χ2n) is 3.57. The normalized spacial score (nSPS) is 16.7. The van der Waals surface area contributed by atoms with Crippen LogP contribution in [0.2, 0.25) is 0 Å². The fourth-order valence-electron chi connectivity index (χ4n) is 1.36. The predicted octanol–water partition coefficient (Wildman–Crippen LogP) is 0.957. The van der Waals surface area contributed by atoms with Gasteiger partial charge in [0.2, 0.25) is 9.84 Å². The van der Waals surface area contributed by atoms with Gasteiger partial charge in [-0.05, 0) is 24.3 Å². The summed E-state index contributed by atoms with van der Waals surface area (Å²) < 4.78 is 41.1. The summed E-state index contributed by atoms with van der Waals surface area (Å²) in [5.41, 5.74) is 0.